The Morgan fingerprint density at radius 1 is 1.22 bits per heavy atom. The predicted octanol–water partition coefficient (Wildman–Crippen LogP) is 3.00. The molecule has 1 N–H and O–H groups in total. The zero-order valence-electron chi connectivity index (χ0n) is 12.0. The van der Waals surface area contributed by atoms with E-state index < -0.39 is 5.97 Å². The van der Waals surface area contributed by atoms with Gasteiger partial charge < -0.3 is 5.11 Å². The molecule has 0 aromatic rings. The summed E-state index contributed by atoms with van der Waals surface area (Å²) < 4.78 is 0. The van der Waals surface area contributed by atoms with Gasteiger partial charge >= 0.3 is 5.97 Å². The minimum Gasteiger partial charge on any atom is -0.481 e. The van der Waals surface area contributed by atoms with Crippen LogP contribution in [0.15, 0.2) is 0 Å². The first-order chi connectivity index (χ1) is 8.38. The summed E-state index contributed by atoms with van der Waals surface area (Å²) in [5.74, 6) is 0.526. The van der Waals surface area contributed by atoms with E-state index in [-0.39, 0.29) is 0 Å². The second-order valence-corrected chi connectivity index (χ2v) is 7.24. The van der Waals surface area contributed by atoms with Crippen LogP contribution in [0.2, 0.25) is 0 Å². The van der Waals surface area contributed by atoms with Crippen LogP contribution >= 0.6 is 0 Å². The fourth-order valence-corrected chi connectivity index (χ4v) is 3.82. The minimum atomic E-state index is -0.643. The summed E-state index contributed by atoms with van der Waals surface area (Å²) in [5.41, 5.74) is 0.378. The lowest BCUT2D eigenvalue weighted by molar-refractivity contribution is -0.140. The monoisotopic (exact) mass is 253 g/mol. The molecule has 2 unspecified atom stereocenters. The third-order valence-corrected chi connectivity index (χ3v) is 4.76. The first-order valence-electron chi connectivity index (χ1n) is 7.34. The van der Waals surface area contributed by atoms with E-state index in [2.05, 4.69) is 25.7 Å². The van der Waals surface area contributed by atoms with E-state index in [1.165, 1.54) is 25.7 Å². The quantitative estimate of drug-likeness (QED) is 0.840. The lowest BCUT2D eigenvalue weighted by Gasteiger charge is -2.51. The van der Waals surface area contributed by atoms with Crippen molar-refractivity contribution in [2.24, 2.45) is 17.3 Å². The average molecular weight is 253 g/mol. The molecule has 1 saturated heterocycles. The summed E-state index contributed by atoms with van der Waals surface area (Å²) in [4.78, 5) is 13.2. The number of nitrogens with zero attached hydrogens (tertiary/aromatic N) is 1. The van der Waals surface area contributed by atoms with Crippen molar-refractivity contribution in [1.29, 1.82) is 0 Å². The topological polar surface area (TPSA) is 40.5 Å². The van der Waals surface area contributed by atoms with Crippen molar-refractivity contribution in [3.8, 4) is 0 Å². The molecule has 3 nitrogen and oxygen atoms in total. The molecule has 0 bridgehead atoms. The maximum absolute atomic E-state index is 10.7. The molecule has 0 aromatic heterocycles. The zero-order valence-corrected chi connectivity index (χ0v) is 12.0. The molecular formula is C15H27NO2. The lowest BCUT2D eigenvalue weighted by Crippen LogP contribution is -2.57. The van der Waals surface area contributed by atoms with E-state index in [0.717, 1.165) is 19.0 Å². The molecule has 18 heavy (non-hydrogen) atoms. The van der Waals surface area contributed by atoms with Crippen molar-refractivity contribution in [2.75, 3.05) is 13.1 Å². The van der Waals surface area contributed by atoms with Gasteiger partial charge in [-0.1, -0.05) is 33.6 Å². The number of rotatable bonds is 3. The molecule has 1 aliphatic carbocycles. The van der Waals surface area contributed by atoms with Gasteiger partial charge in [0.2, 0.25) is 0 Å². The number of carbonyl (C=O) groups is 1. The lowest BCUT2D eigenvalue weighted by atomic mass is 9.68. The normalized spacial score (nSPS) is 31.1. The molecule has 2 aliphatic rings. The number of hydrogen-bond acceptors (Lipinski definition) is 2. The first-order valence-corrected chi connectivity index (χ1v) is 7.34. The maximum Gasteiger partial charge on any atom is 0.303 e. The summed E-state index contributed by atoms with van der Waals surface area (Å²) in [5, 5.41) is 8.81. The third kappa shape index (κ3) is 3.05. The number of likely N-dealkylation sites (tertiary alicyclic amines) is 1. The maximum atomic E-state index is 10.7. The van der Waals surface area contributed by atoms with Crippen molar-refractivity contribution >= 4 is 5.97 Å². The molecule has 1 aliphatic heterocycles. The Balaban J connectivity index is 1.90. The Bertz CT molecular complexity index is 302. The fraction of sp³-hybridized carbons (Fsp3) is 0.933. The molecule has 1 saturated carbocycles. The van der Waals surface area contributed by atoms with Gasteiger partial charge in [-0.15, -0.1) is 0 Å². The van der Waals surface area contributed by atoms with Gasteiger partial charge in [0.1, 0.15) is 0 Å². The molecule has 0 amide bonds. The molecule has 2 rings (SSSR count). The fourth-order valence-electron chi connectivity index (χ4n) is 3.82. The second kappa shape index (κ2) is 5.20. The van der Waals surface area contributed by atoms with Crippen LogP contribution in [0.4, 0.5) is 0 Å². The van der Waals surface area contributed by atoms with Crippen LogP contribution in [0.3, 0.4) is 0 Å². The van der Waals surface area contributed by atoms with Gasteiger partial charge in [0, 0.05) is 19.1 Å². The van der Waals surface area contributed by atoms with Crippen LogP contribution in [0.1, 0.15) is 52.9 Å². The number of hydrogen-bond donors (Lipinski definition) is 1. The van der Waals surface area contributed by atoms with Crippen LogP contribution in [0.25, 0.3) is 0 Å². The SMILES string of the molecule is CC(C)(C)C1CCCCC1N1CC(CC(=O)O)C1. The Morgan fingerprint density at radius 3 is 2.39 bits per heavy atom. The van der Waals surface area contributed by atoms with Gasteiger partial charge in [0.05, 0.1) is 6.42 Å². The molecule has 2 atom stereocenters. The molecule has 0 radical (unpaired) electrons. The van der Waals surface area contributed by atoms with Crippen molar-refractivity contribution in [2.45, 2.75) is 58.9 Å². The van der Waals surface area contributed by atoms with E-state index >= 15 is 0 Å². The van der Waals surface area contributed by atoms with Crippen LogP contribution in [-0.4, -0.2) is 35.1 Å². The van der Waals surface area contributed by atoms with E-state index in [1.54, 1.807) is 0 Å². The van der Waals surface area contributed by atoms with Crippen molar-refractivity contribution in [1.82, 2.24) is 4.90 Å². The van der Waals surface area contributed by atoms with Gasteiger partial charge in [-0.3, -0.25) is 9.69 Å². The second-order valence-electron chi connectivity index (χ2n) is 7.24. The van der Waals surface area contributed by atoms with Gasteiger partial charge in [-0.05, 0) is 30.1 Å². The van der Waals surface area contributed by atoms with Crippen molar-refractivity contribution in [3.63, 3.8) is 0 Å². The predicted molar refractivity (Wildman–Crippen MR) is 72.5 cm³/mol. The van der Waals surface area contributed by atoms with Crippen LogP contribution < -0.4 is 0 Å². The smallest absolute Gasteiger partial charge is 0.303 e. The Morgan fingerprint density at radius 2 is 1.83 bits per heavy atom. The largest absolute Gasteiger partial charge is 0.481 e. The highest BCUT2D eigenvalue weighted by atomic mass is 16.4. The highest BCUT2D eigenvalue weighted by Gasteiger charge is 2.41. The molecule has 0 aromatic carbocycles. The number of aliphatic carboxylic acids is 1. The minimum absolute atomic E-state index is 0.351. The van der Waals surface area contributed by atoms with Crippen molar-refractivity contribution in [3.05, 3.63) is 0 Å². The summed E-state index contributed by atoms with van der Waals surface area (Å²) >= 11 is 0. The summed E-state index contributed by atoms with van der Waals surface area (Å²) in [6.07, 6.45) is 5.71. The molecular weight excluding hydrogens is 226 g/mol. The van der Waals surface area contributed by atoms with E-state index in [0.29, 0.717) is 23.8 Å². The third-order valence-electron chi connectivity index (χ3n) is 4.76. The van der Waals surface area contributed by atoms with Gasteiger partial charge in [0.15, 0.2) is 0 Å². The highest BCUT2D eigenvalue weighted by molar-refractivity contribution is 5.67. The Hall–Kier alpha value is -0.570. The van der Waals surface area contributed by atoms with E-state index in [4.69, 9.17) is 5.11 Å². The van der Waals surface area contributed by atoms with Crippen molar-refractivity contribution < 1.29 is 9.90 Å². The summed E-state index contributed by atoms with van der Waals surface area (Å²) in [7, 11) is 0. The highest BCUT2D eigenvalue weighted by Crippen LogP contribution is 2.42. The Labute approximate surface area is 111 Å². The van der Waals surface area contributed by atoms with Gasteiger partial charge in [-0.2, -0.15) is 0 Å². The number of carboxylic acid groups (broad SMARTS) is 1. The average Bonchev–Trinajstić information content (AvgIpc) is 2.21. The summed E-state index contributed by atoms with van der Waals surface area (Å²) in [6.45, 7) is 9.06. The summed E-state index contributed by atoms with van der Waals surface area (Å²) in [6, 6.07) is 0.698. The van der Waals surface area contributed by atoms with Gasteiger partial charge in [-0.25, -0.2) is 0 Å². The van der Waals surface area contributed by atoms with Crippen LogP contribution in [0.5, 0.6) is 0 Å². The molecule has 1 heterocycles. The number of carboxylic acids is 1. The molecule has 2 fully saturated rings. The standard InChI is InChI=1S/C15H27NO2/c1-15(2,3)12-6-4-5-7-13(12)16-9-11(10-16)8-14(17)18/h11-13H,4-10H2,1-3H3,(H,17,18). The molecule has 104 valence electrons. The molecule has 3 heteroatoms. The van der Waals surface area contributed by atoms with Crippen LogP contribution in [-0.2, 0) is 4.79 Å². The van der Waals surface area contributed by atoms with E-state index in [9.17, 15) is 4.79 Å². The zero-order chi connectivity index (χ0) is 13.3. The van der Waals surface area contributed by atoms with Gasteiger partial charge in [0.25, 0.3) is 0 Å². The van der Waals surface area contributed by atoms with Crippen LogP contribution in [0, 0.1) is 17.3 Å². The first kappa shape index (κ1) is 13.9. The Kier molecular flexibility index (Phi) is 4.00. The molecule has 0 spiro atoms. The van der Waals surface area contributed by atoms with E-state index in [1.807, 2.05) is 0 Å².